The van der Waals surface area contributed by atoms with Gasteiger partial charge in [0.15, 0.2) is 0 Å². The molecule has 0 radical (unpaired) electrons. The van der Waals surface area contributed by atoms with Crippen LogP contribution in [0.1, 0.15) is 47.9 Å². The molecule has 0 atom stereocenters. The second-order valence-electron chi connectivity index (χ2n) is 14.1. The first-order chi connectivity index (χ1) is 24.3. The van der Waals surface area contributed by atoms with Crippen molar-refractivity contribution in [2.24, 2.45) is 0 Å². The molecule has 0 aromatic heterocycles. The summed E-state index contributed by atoms with van der Waals surface area (Å²) in [5.41, 5.74) is 17.8. The van der Waals surface area contributed by atoms with Gasteiger partial charge in [-0.25, -0.2) is 0 Å². The van der Waals surface area contributed by atoms with Crippen molar-refractivity contribution in [3.05, 3.63) is 198 Å². The summed E-state index contributed by atoms with van der Waals surface area (Å²) in [5.74, 6) is 0. The maximum Gasteiger partial charge on any atom is 0.0465 e. The highest BCUT2D eigenvalue weighted by Crippen LogP contribution is 2.63. The first kappa shape index (κ1) is 28.4. The van der Waals surface area contributed by atoms with E-state index in [0.717, 1.165) is 31.4 Å². The highest BCUT2D eigenvalue weighted by atomic mass is 15.1. The topological polar surface area (TPSA) is 3.24 Å². The van der Waals surface area contributed by atoms with Gasteiger partial charge in [-0.15, -0.1) is 0 Å². The van der Waals surface area contributed by atoms with Gasteiger partial charge < -0.3 is 4.90 Å². The van der Waals surface area contributed by atoms with Crippen LogP contribution in [0.5, 0.6) is 0 Å². The van der Waals surface area contributed by atoms with Gasteiger partial charge in [0.2, 0.25) is 0 Å². The van der Waals surface area contributed by atoms with E-state index >= 15 is 0 Å². The number of rotatable bonds is 4. The minimum absolute atomic E-state index is 0.0147. The van der Waals surface area contributed by atoms with Crippen LogP contribution in [0, 0.1) is 0 Å². The summed E-state index contributed by atoms with van der Waals surface area (Å²) in [6.45, 7) is 0. The fourth-order valence-corrected chi connectivity index (χ4v) is 9.64. The van der Waals surface area contributed by atoms with Crippen molar-refractivity contribution in [3.8, 4) is 33.4 Å². The van der Waals surface area contributed by atoms with Gasteiger partial charge >= 0.3 is 0 Å². The molecule has 7 aromatic carbocycles. The zero-order chi connectivity index (χ0) is 32.4. The normalized spacial score (nSPS) is 15.8. The van der Waals surface area contributed by atoms with Gasteiger partial charge in [-0.05, 0) is 118 Å². The molecule has 0 unspecified atom stereocenters. The highest BCUT2D eigenvalue weighted by Gasteiger charge is 2.53. The van der Waals surface area contributed by atoms with Crippen molar-refractivity contribution in [2.45, 2.75) is 36.5 Å². The Kier molecular flexibility index (Phi) is 6.33. The smallest absolute Gasteiger partial charge is 0.0465 e. The number of para-hydroxylation sites is 1. The lowest BCUT2D eigenvalue weighted by Crippen LogP contribution is -2.39. The molecule has 1 heteroatoms. The van der Waals surface area contributed by atoms with Gasteiger partial charge in [-0.1, -0.05) is 140 Å². The number of anilines is 3. The molecule has 0 bridgehead atoms. The predicted molar refractivity (Wildman–Crippen MR) is 204 cm³/mol. The molecule has 1 saturated carbocycles. The largest absolute Gasteiger partial charge is 0.310 e. The van der Waals surface area contributed by atoms with Crippen LogP contribution in [0.3, 0.4) is 0 Å². The number of hydrogen-bond donors (Lipinski definition) is 0. The fourth-order valence-electron chi connectivity index (χ4n) is 9.64. The van der Waals surface area contributed by atoms with Gasteiger partial charge in [0.05, 0.1) is 0 Å². The molecular weight excluding hydrogens is 591 g/mol. The van der Waals surface area contributed by atoms with E-state index < -0.39 is 0 Å². The lowest BCUT2D eigenvalue weighted by Gasteiger charge is -2.45. The van der Waals surface area contributed by atoms with E-state index in [1.54, 1.807) is 0 Å². The summed E-state index contributed by atoms with van der Waals surface area (Å²) < 4.78 is 0. The average Bonchev–Trinajstić information content (AvgIpc) is 3.61. The maximum absolute atomic E-state index is 2.53. The van der Waals surface area contributed by atoms with E-state index in [-0.39, 0.29) is 10.8 Å². The second-order valence-corrected chi connectivity index (χ2v) is 14.1. The van der Waals surface area contributed by atoms with E-state index in [1.807, 2.05) is 0 Å². The summed E-state index contributed by atoms with van der Waals surface area (Å²) in [4.78, 5) is 2.43. The summed E-state index contributed by atoms with van der Waals surface area (Å²) in [6, 6.07) is 65.4. The summed E-state index contributed by atoms with van der Waals surface area (Å²) >= 11 is 0. The Bertz CT molecular complexity index is 2280. The molecule has 0 N–H and O–H groups in total. The third-order valence-corrected chi connectivity index (χ3v) is 11.9. The molecule has 2 spiro atoms. The molecule has 0 amide bonds. The van der Waals surface area contributed by atoms with Crippen molar-refractivity contribution in [2.75, 3.05) is 4.90 Å². The molecule has 3 aliphatic carbocycles. The van der Waals surface area contributed by atoms with Crippen LogP contribution in [0.4, 0.5) is 17.1 Å². The molecular formula is C48H37N. The van der Waals surface area contributed by atoms with E-state index in [2.05, 4.69) is 181 Å². The Morgan fingerprint density at radius 2 is 0.694 bits per heavy atom. The Balaban J connectivity index is 1.09. The summed E-state index contributed by atoms with van der Waals surface area (Å²) in [6.07, 6.45) is 4.53. The zero-order valence-corrected chi connectivity index (χ0v) is 27.5. The zero-order valence-electron chi connectivity index (χ0n) is 27.5. The Morgan fingerprint density at radius 3 is 1.24 bits per heavy atom. The van der Waals surface area contributed by atoms with Crippen LogP contribution in [0.2, 0.25) is 0 Å². The number of fused-ring (bicyclic) bond motifs is 10. The second kappa shape index (κ2) is 10.9. The average molecular weight is 628 g/mol. The van der Waals surface area contributed by atoms with Crippen LogP contribution in [-0.2, 0) is 10.8 Å². The van der Waals surface area contributed by atoms with Gasteiger partial charge in [0.1, 0.15) is 0 Å². The molecule has 234 valence electrons. The molecule has 0 saturated heterocycles. The quantitative estimate of drug-likeness (QED) is 0.188. The Labute approximate surface area is 289 Å². The molecule has 1 fully saturated rings. The lowest BCUT2D eigenvalue weighted by atomic mass is 9.57. The molecule has 0 heterocycles. The first-order valence-electron chi connectivity index (χ1n) is 17.7. The third-order valence-electron chi connectivity index (χ3n) is 11.9. The van der Waals surface area contributed by atoms with Crippen LogP contribution >= 0.6 is 0 Å². The molecule has 3 aliphatic rings. The Hall–Kier alpha value is -5.66. The van der Waals surface area contributed by atoms with E-state index in [0.29, 0.717) is 0 Å². The van der Waals surface area contributed by atoms with E-state index in [9.17, 15) is 0 Å². The molecule has 0 aliphatic heterocycles. The first-order valence-corrected chi connectivity index (χ1v) is 17.7. The monoisotopic (exact) mass is 627 g/mol. The van der Waals surface area contributed by atoms with Gasteiger partial charge in [-0.3, -0.25) is 0 Å². The van der Waals surface area contributed by atoms with Crippen molar-refractivity contribution >= 4 is 17.1 Å². The Morgan fingerprint density at radius 1 is 0.306 bits per heavy atom. The highest BCUT2D eigenvalue weighted by molar-refractivity contribution is 5.87. The van der Waals surface area contributed by atoms with Gasteiger partial charge in [-0.2, -0.15) is 0 Å². The van der Waals surface area contributed by atoms with Crippen molar-refractivity contribution in [1.82, 2.24) is 0 Å². The van der Waals surface area contributed by atoms with E-state index in [4.69, 9.17) is 0 Å². The van der Waals surface area contributed by atoms with Crippen LogP contribution in [0.25, 0.3) is 33.4 Å². The van der Waals surface area contributed by atoms with Crippen LogP contribution in [-0.4, -0.2) is 0 Å². The summed E-state index contributed by atoms with van der Waals surface area (Å²) in [5, 5.41) is 0. The lowest BCUT2D eigenvalue weighted by molar-refractivity contribution is 0.265. The number of hydrogen-bond acceptors (Lipinski definition) is 1. The fraction of sp³-hybridized carbons (Fsp3) is 0.125. The van der Waals surface area contributed by atoms with Gasteiger partial charge in [0, 0.05) is 27.9 Å². The minimum atomic E-state index is -0.0147. The van der Waals surface area contributed by atoms with Crippen molar-refractivity contribution < 1.29 is 0 Å². The summed E-state index contributed by atoms with van der Waals surface area (Å²) in [7, 11) is 0. The number of benzene rings is 7. The van der Waals surface area contributed by atoms with Gasteiger partial charge in [0.25, 0.3) is 0 Å². The molecule has 1 nitrogen and oxygen atoms in total. The van der Waals surface area contributed by atoms with E-state index in [1.165, 1.54) is 67.0 Å². The SMILES string of the molecule is c1ccc(-c2ccc(N(c3ccccc3)c3ccc4c(c3)C3(CCC5(CC3)c3ccccc3-c3ccccc35)c3ccccc3-4)cc2)cc1. The number of nitrogens with zero attached hydrogens (tertiary/aromatic N) is 1. The van der Waals surface area contributed by atoms with Crippen molar-refractivity contribution in [3.63, 3.8) is 0 Å². The third kappa shape index (κ3) is 4.18. The standard InChI is InChI=1S/C48H37N/c1-3-13-34(14-4-1)35-23-25-37(26-24-35)49(36-15-5-2-6-16-36)38-27-28-42-41-19-9-12-22-45(41)48(46(42)33-38)31-29-47(30-32-48)43-20-10-7-17-39(43)40-18-8-11-21-44(40)47/h1-28,33H,29-32H2. The minimum Gasteiger partial charge on any atom is -0.310 e. The van der Waals surface area contributed by atoms with Crippen LogP contribution in [0.15, 0.2) is 176 Å². The van der Waals surface area contributed by atoms with Crippen molar-refractivity contribution in [1.29, 1.82) is 0 Å². The molecule has 7 aromatic rings. The maximum atomic E-state index is 2.53. The predicted octanol–water partition coefficient (Wildman–Crippen LogP) is 12.6. The van der Waals surface area contributed by atoms with Crippen LogP contribution < -0.4 is 4.90 Å². The molecule has 10 rings (SSSR count). The molecule has 49 heavy (non-hydrogen) atoms.